The van der Waals surface area contributed by atoms with E-state index in [0.717, 1.165) is 5.69 Å². The Balaban J connectivity index is 0.000000169. The molecule has 0 radical (unpaired) electrons. The highest BCUT2D eigenvalue weighted by Crippen LogP contribution is 2.08. The molecule has 29 heavy (non-hydrogen) atoms. The highest BCUT2D eigenvalue weighted by molar-refractivity contribution is 6.57. The maximum atomic E-state index is 9.10. The van der Waals surface area contributed by atoms with Gasteiger partial charge in [0.25, 0.3) is 0 Å². The topological polar surface area (TPSA) is 124 Å². The second kappa shape index (κ2) is 9.15. The SMILES string of the molecule is N#Cc1ccc(-n2cccn2)cc1.N#Cc1ccc(-n2nccc2B(O)O)cc1. The summed E-state index contributed by atoms with van der Waals surface area (Å²) < 4.78 is 3.16. The van der Waals surface area contributed by atoms with Crippen molar-refractivity contribution in [3.05, 3.63) is 90.4 Å². The molecule has 0 aliphatic carbocycles. The Morgan fingerprint density at radius 1 is 0.759 bits per heavy atom. The zero-order valence-corrected chi connectivity index (χ0v) is 15.2. The summed E-state index contributed by atoms with van der Waals surface area (Å²) in [7, 11) is -1.57. The summed E-state index contributed by atoms with van der Waals surface area (Å²) in [6.45, 7) is 0. The van der Waals surface area contributed by atoms with Gasteiger partial charge in [-0.1, -0.05) is 0 Å². The van der Waals surface area contributed by atoms with Gasteiger partial charge in [-0.25, -0.2) is 9.36 Å². The molecule has 9 heteroatoms. The Bertz CT molecular complexity index is 1140. The Labute approximate surface area is 167 Å². The second-order valence-electron chi connectivity index (χ2n) is 5.81. The van der Waals surface area contributed by atoms with Gasteiger partial charge in [0.2, 0.25) is 0 Å². The monoisotopic (exact) mass is 382 g/mol. The highest BCUT2D eigenvalue weighted by Gasteiger charge is 2.17. The Morgan fingerprint density at radius 2 is 1.34 bits per heavy atom. The first kappa shape index (κ1) is 19.6. The molecular formula is C20H15BN6O2. The molecule has 2 N–H and O–H groups in total. The molecule has 0 amide bonds. The Morgan fingerprint density at radius 3 is 1.83 bits per heavy atom. The molecule has 0 spiro atoms. The third-order valence-corrected chi connectivity index (χ3v) is 3.94. The molecule has 0 bridgehead atoms. The molecule has 4 aromatic rings. The predicted octanol–water partition coefficient (Wildman–Crippen LogP) is 1.17. The quantitative estimate of drug-likeness (QED) is 0.513. The number of rotatable bonds is 3. The summed E-state index contributed by atoms with van der Waals surface area (Å²) in [4.78, 5) is 0. The van der Waals surface area contributed by atoms with Crippen LogP contribution in [-0.4, -0.2) is 36.7 Å². The van der Waals surface area contributed by atoms with Crippen molar-refractivity contribution in [1.29, 1.82) is 10.5 Å². The average molecular weight is 382 g/mol. The standard InChI is InChI=1S/C10H8BN3O2.C10H7N3/c12-7-8-1-3-9(4-2-8)14-10(11(15)16)5-6-13-14;11-8-9-2-4-10(5-3-9)13-7-1-6-12-13/h1-6,15-16H;1-7H. The van der Waals surface area contributed by atoms with E-state index in [-0.39, 0.29) is 5.59 Å². The van der Waals surface area contributed by atoms with Crippen LogP contribution in [0.4, 0.5) is 0 Å². The summed E-state index contributed by atoms with van der Waals surface area (Å²) in [5.74, 6) is 0. The summed E-state index contributed by atoms with van der Waals surface area (Å²) in [6, 6.07) is 21.4. The van der Waals surface area contributed by atoms with Crippen LogP contribution in [0.3, 0.4) is 0 Å². The summed E-state index contributed by atoms with van der Waals surface area (Å²) in [5.41, 5.74) is 3.12. The van der Waals surface area contributed by atoms with Crippen molar-refractivity contribution in [2.24, 2.45) is 0 Å². The first-order chi connectivity index (χ1) is 14.1. The van der Waals surface area contributed by atoms with Crippen LogP contribution in [0.2, 0.25) is 0 Å². The van der Waals surface area contributed by atoms with E-state index < -0.39 is 7.12 Å². The maximum absolute atomic E-state index is 9.10. The van der Waals surface area contributed by atoms with Gasteiger partial charge in [-0.05, 0) is 60.7 Å². The van der Waals surface area contributed by atoms with Crippen molar-refractivity contribution in [2.75, 3.05) is 0 Å². The van der Waals surface area contributed by atoms with Crippen molar-refractivity contribution in [2.45, 2.75) is 0 Å². The van der Waals surface area contributed by atoms with E-state index in [1.54, 1.807) is 47.3 Å². The van der Waals surface area contributed by atoms with Gasteiger partial charge in [0.1, 0.15) is 0 Å². The van der Waals surface area contributed by atoms with Crippen molar-refractivity contribution in [3.63, 3.8) is 0 Å². The minimum absolute atomic E-state index is 0.282. The first-order valence-electron chi connectivity index (χ1n) is 8.53. The van der Waals surface area contributed by atoms with E-state index in [4.69, 9.17) is 20.6 Å². The van der Waals surface area contributed by atoms with E-state index >= 15 is 0 Å². The number of nitriles is 2. The van der Waals surface area contributed by atoms with Crippen LogP contribution in [-0.2, 0) is 0 Å². The van der Waals surface area contributed by atoms with Gasteiger partial charge in [-0.15, -0.1) is 0 Å². The van der Waals surface area contributed by atoms with Crippen LogP contribution < -0.4 is 5.59 Å². The average Bonchev–Trinajstić information content (AvgIpc) is 3.47. The molecule has 8 nitrogen and oxygen atoms in total. The fraction of sp³-hybridized carbons (Fsp3) is 0. The van der Waals surface area contributed by atoms with E-state index in [1.807, 2.05) is 30.5 Å². The van der Waals surface area contributed by atoms with Crippen molar-refractivity contribution in [1.82, 2.24) is 19.6 Å². The third kappa shape index (κ3) is 4.76. The molecule has 2 aromatic heterocycles. The first-order valence-corrected chi connectivity index (χ1v) is 8.53. The van der Waals surface area contributed by atoms with Crippen LogP contribution in [0.5, 0.6) is 0 Å². The molecule has 2 heterocycles. The van der Waals surface area contributed by atoms with Crippen molar-refractivity contribution in [3.8, 4) is 23.5 Å². The van der Waals surface area contributed by atoms with Crippen molar-refractivity contribution >= 4 is 12.7 Å². The fourth-order valence-corrected chi connectivity index (χ4v) is 2.51. The zero-order chi connectivity index (χ0) is 20.6. The minimum atomic E-state index is -1.57. The molecule has 0 fully saturated rings. The van der Waals surface area contributed by atoms with Gasteiger partial charge in [0.05, 0.1) is 40.2 Å². The van der Waals surface area contributed by atoms with Crippen LogP contribution in [0.25, 0.3) is 11.4 Å². The summed E-state index contributed by atoms with van der Waals surface area (Å²) in [5, 5.41) is 43.5. The van der Waals surface area contributed by atoms with E-state index in [0.29, 0.717) is 16.8 Å². The van der Waals surface area contributed by atoms with Gasteiger partial charge in [0.15, 0.2) is 0 Å². The van der Waals surface area contributed by atoms with Gasteiger partial charge < -0.3 is 10.0 Å². The molecule has 0 atom stereocenters. The number of benzene rings is 2. The number of hydrogen-bond acceptors (Lipinski definition) is 6. The molecule has 2 aromatic carbocycles. The van der Waals surface area contributed by atoms with E-state index in [1.165, 1.54) is 16.9 Å². The smallest absolute Gasteiger partial charge is 0.422 e. The summed E-state index contributed by atoms with van der Waals surface area (Å²) in [6.07, 6.45) is 5.06. The highest BCUT2D eigenvalue weighted by atomic mass is 16.4. The molecule has 4 rings (SSSR count). The van der Waals surface area contributed by atoms with Gasteiger partial charge in [-0.3, -0.25) is 0 Å². The largest absolute Gasteiger partial charge is 0.508 e. The third-order valence-electron chi connectivity index (χ3n) is 3.94. The molecule has 0 aliphatic heterocycles. The fourth-order valence-electron chi connectivity index (χ4n) is 2.51. The zero-order valence-electron chi connectivity index (χ0n) is 15.2. The molecule has 140 valence electrons. The molecule has 0 saturated carbocycles. The van der Waals surface area contributed by atoms with Crippen LogP contribution >= 0.6 is 0 Å². The van der Waals surface area contributed by atoms with Gasteiger partial charge in [0, 0.05) is 18.6 Å². The van der Waals surface area contributed by atoms with E-state index in [2.05, 4.69) is 16.3 Å². The lowest BCUT2D eigenvalue weighted by atomic mass is 9.86. The maximum Gasteiger partial charge on any atom is 0.508 e. The van der Waals surface area contributed by atoms with Crippen LogP contribution in [0.15, 0.2) is 79.3 Å². The minimum Gasteiger partial charge on any atom is -0.422 e. The lowest BCUT2D eigenvalue weighted by Crippen LogP contribution is -2.35. The predicted molar refractivity (Wildman–Crippen MR) is 106 cm³/mol. The van der Waals surface area contributed by atoms with Crippen LogP contribution in [0.1, 0.15) is 11.1 Å². The van der Waals surface area contributed by atoms with Crippen molar-refractivity contribution < 1.29 is 10.0 Å². The van der Waals surface area contributed by atoms with Gasteiger partial charge in [-0.2, -0.15) is 20.7 Å². The number of nitrogens with zero attached hydrogens (tertiary/aromatic N) is 6. The Kier molecular flexibility index (Phi) is 6.18. The van der Waals surface area contributed by atoms with Crippen LogP contribution in [0, 0.1) is 22.7 Å². The lowest BCUT2D eigenvalue weighted by Gasteiger charge is -2.06. The van der Waals surface area contributed by atoms with E-state index in [9.17, 15) is 0 Å². The lowest BCUT2D eigenvalue weighted by molar-refractivity contribution is 0.423. The van der Waals surface area contributed by atoms with Gasteiger partial charge >= 0.3 is 7.12 Å². The molecule has 0 aliphatic rings. The molecule has 0 unspecified atom stereocenters. The Hall–Kier alpha value is -4.18. The normalized spacial score (nSPS) is 9.66. The summed E-state index contributed by atoms with van der Waals surface area (Å²) >= 11 is 0. The molecule has 0 saturated heterocycles. The molecular weight excluding hydrogens is 367 g/mol. The second-order valence-corrected chi connectivity index (χ2v) is 5.81. The number of hydrogen-bond donors (Lipinski definition) is 2. The number of aromatic nitrogens is 4.